The first-order valence-corrected chi connectivity index (χ1v) is 9.13. The number of benzene rings is 2. The molecule has 0 amide bonds. The molecule has 0 unspecified atom stereocenters. The SMILES string of the molecule is COc1c(C(C)(C)C)cc(C2=Cc3ccccc3C2=O)cc1C(C)(C)C. The second-order valence-electron chi connectivity index (χ2n) is 9.08. The van der Waals surface area contributed by atoms with Crippen molar-refractivity contribution in [3.63, 3.8) is 0 Å². The Hall–Kier alpha value is -2.35. The molecule has 0 aliphatic heterocycles. The van der Waals surface area contributed by atoms with Crippen molar-refractivity contribution in [1.82, 2.24) is 0 Å². The summed E-state index contributed by atoms with van der Waals surface area (Å²) in [6.07, 6.45) is 2.01. The molecule has 2 heteroatoms. The molecule has 26 heavy (non-hydrogen) atoms. The van der Waals surface area contributed by atoms with Crippen LogP contribution in [-0.4, -0.2) is 12.9 Å². The lowest BCUT2D eigenvalue weighted by atomic mass is 9.77. The summed E-state index contributed by atoms with van der Waals surface area (Å²) in [7, 11) is 1.73. The Bertz CT molecular complexity index is 868. The first-order valence-electron chi connectivity index (χ1n) is 9.13. The van der Waals surface area contributed by atoms with Gasteiger partial charge in [-0.25, -0.2) is 0 Å². The Morgan fingerprint density at radius 3 is 1.85 bits per heavy atom. The van der Waals surface area contributed by atoms with Crippen molar-refractivity contribution < 1.29 is 9.53 Å². The lowest BCUT2D eigenvalue weighted by Crippen LogP contribution is -2.20. The number of hydrogen-bond acceptors (Lipinski definition) is 2. The molecule has 1 aliphatic rings. The number of ether oxygens (including phenoxy) is 1. The summed E-state index contributed by atoms with van der Waals surface area (Å²) >= 11 is 0. The number of methoxy groups -OCH3 is 1. The van der Waals surface area contributed by atoms with Crippen molar-refractivity contribution in [2.45, 2.75) is 52.4 Å². The average Bonchev–Trinajstić information content (AvgIpc) is 2.89. The molecular weight excluding hydrogens is 320 g/mol. The van der Waals surface area contributed by atoms with E-state index >= 15 is 0 Å². The molecule has 0 aromatic heterocycles. The molecule has 0 heterocycles. The molecule has 0 spiro atoms. The molecule has 0 radical (unpaired) electrons. The minimum absolute atomic E-state index is 0.0869. The van der Waals surface area contributed by atoms with E-state index < -0.39 is 0 Å². The van der Waals surface area contributed by atoms with Gasteiger partial charge >= 0.3 is 0 Å². The van der Waals surface area contributed by atoms with Gasteiger partial charge in [0.1, 0.15) is 5.75 Å². The zero-order valence-electron chi connectivity index (χ0n) is 16.9. The zero-order valence-corrected chi connectivity index (χ0v) is 16.9. The molecule has 0 fully saturated rings. The highest BCUT2D eigenvalue weighted by molar-refractivity contribution is 6.37. The Labute approximate surface area is 156 Å². The van der Waals surface area contributed by atoms with Crippen molar-refractivity contribution in [2.75, 3.05) is 7.11 Å². The summed E-state index contributed by atoms with van der Waals surface area (Å²) < 4.78 is 5.83. The lowest BCUT2D eigenvalue weighted by molar-refractivity contribution is 0.105. The molecule has 0 saturated heterocycles. The van der Waals surface area contributed by atoms with Crippen LogP contribution in [0.3, 0.4) is 0 Å². The lowest BCUT2D eigenvalue weighted by Gasteiger charge is -2.30. The fourth-order valence-corrected chi connectivity index (χ4v) is 3.53. The Morgan fingerprint density at radius 1 is 0.846 bits per heavy atom. The normalized spacial score (nSPS) is 14.3. The second-order valence-corrected chi connectivity index (χ2v) is 9.08. The standard InChI is InChI=1S/C24H28O2/c1-23(2,3)19-13-16(14-20(22(19)26-7)24(4,5)6)18-12-15-10-8-9-11-17(15)21(18)25/h8-14H,1-7H3. The fraction of sp³-hybridized carbons (Fsp3) is 0.375. The Balaban J connectivity index is 2.26. The van der Waals surface area contributed by atoms with Crippen molar-refractivity contribution in [1.29, 1.82) is 0 Å². The smallest absolute Gasteiger partial charge is 0.194 e. The third-order valence-electron chi connectivity index (χ3n) is 4.97. The third kappa shape index (κ3) is 3.09. The number of rotatable bonds is 2. The van der Waals surface area contributed by atoms with Gasteiger partial charge in [-0.1, -0.05) is 65.8 Å². The summed E-state index contributed by atoms with van der Waals surface area (Å²) in [4.78, 5) is 13.0. The highest BCUT2D eigenvalue weighted by Crippen LogP contribution is 2.43. The van der Waals surface area contributed by atoms with Gasteiger partial charge in [0, 0.05) is 22.3 Å². The number of ketones is 1. The van der Waals surface area contributed by atoms with Gasteiger partial charge in [0.05, 0.1) is 7.11 Å². The van der Waals surface area contributed by atoms with E-state index in [0.29, 0.717) is 0 Å². The van der Waals surface area contributed by atoms with E-state index in [9.17, 15) is 4.79 Å². The van der Waals surface area contributed by atoms with Crippen LogP contribution in [0.2, 0.25) is 0 Å². The third-order valence-corrected chi connectivity index (χ3v) is 4.97. The minimum atomic E-state index is -0.0869. The highest BCUT2D eigenvalue weighted by Gasteiger charge is 2.30. The quantitative estimate of drug-likeness (QED) is 0.662. The van der Waals surface area contributed by atoms with Crippen LogP contribution in [0.5, 0.6) is 5.75 Å². The van der Waals surface area contributed by atoms with Crippen LogP contribution < -0.4 is 4.74 Å². The summed E-state index contributed by atoms with van der Waals surface area (Å²) in [6.45, 7) is 13.1. The van der Waals surface area contributed by atoms with E-state index in [-0.39, 0.29) is 16.6 Å². The number of carbonyl (C=O) groups is 1. The van der Waals surface area contributed by atoms with Gasteiger partial charge in [-0.2, -0.15) is 0 Å². The van der Waals surface area contributed by atoms with Gasteiger partial charge in [0.15, 0.2) is 5.78 Å². The van der Waals surface area contributed by atoms with Gasteiger partial charge in [-0.15, -0.1) is 0 Å². The van der Waals surface area contributed by atoms with Crippen LogP contribution in [0, 0.1) is 0 Å². The fourth-order valence-electron chi connectivity index (χ4n) is 3.53. The Morgan fingerprint density at radius 2 is 1.38 bits per heavy atom. The number of carbonyl (C=O) groups excluding carboxylic acids is 1. The predicted molar refractivity (Wildman–Crippen MR) is 109 cm³/mol. The monoisotopic (exact) mass is 348 g/mol. The van der Waals surface area contributed by atoms with Crippen LogP contribution in [0.4, 0.5) is 0 Å². The number of fused-ring (bicyclic) bond motifs is 1. The van der Waals surface area contributed by atoms with E-state index in [0.717, 1.165) is 39.1 Å². The summed E-state index contributed by atoms with van der Waals surface area (Å²) in [5.41, 5.74) is 5.61. The van der Waals surface area contributed by atoms with E-state index in [1.807, 2.05) is 30.3 Å². The van der Waals surface area contributed by atoms with Crippen LogP contribution >= 0.6 is 0 Å². The number of Topliss-reactive ketones (excluding diaryl/α,β-unsaturated/α-hetero) is 1. The molecule has 2 nitrogen and oxygen atoms in total. The van der Waals surface area contributed by atoms with Gasteiger partial charge < -0.3 is 4.74 Å². The Kier molecular flexibility index (Phi) is 4.34. The van der Waals surface area contributed by atoms with Crippen LogP contribution in [0.25, 0.3) is 11.6 Å². The molecule has 0 bridgehead atoms. The second kappa shape index (κ2) is 6.12. The van der Waals surface area contributed by atoms with E-state index in [1.54, 1.807) is 7.11 Å². The van der Waals surface area contributed by atoms with Gasteiger partial charge in [0.2, 0.25) is 0 Å². The maximum atomic E-state index is 13.0. The zero-order chi connectivity index (χ0) is 19.3. The van der Waals surface area contributed by atoms with Crippen molar-refractivity contribution in [3.05, 3.63) is 64.2 Å². The van der Waals surface area contributed by atoms with Crippen LogP contribution in [0.1, 0.15) is 74.2 Å². The van der Waals surface area contributed by atoms with Gasteiger partial charge in [-0.05, 0) is 40.2 Å². The first-order chi connectivity index (χ1) is 12.0. The largest absolute Gasteiger partial charge is 0.496 e. The van der Waals surface area contributed by atoms with Gasteiger partial charge in [0.25, 0.3) is 0 Å². The van der Waals surface area contributed by atoms with Crippen molar-refractivity contribution in [3.8, 4) is 5.75 Å². The number of allylic oxidation sites excluding steroid dienone is 1. The molecule has 2 aromatic carbocycles. The van der Waals surface area contributed by atoms with Crippen molar-refractivity contribution >= 4 is 17.4 Å². The molecule has 136 valence electrons. The summed E-state index contributed by atoms with van der Waals surface area (Å²) in [5.74, 6) is 1.03. The predicted octanol–water partition coefficient (Wildman–Crippen LogP) is 6.03. The summed E-state index contributed by atoms with van der Waals surface area (Å²) in [5, 5.41) is 0. The topological polar surface area (TPSA) is 26.3 Å². The molecule has 0 N–H and O–H groups in total. The molecular formula is C24H28O2. The van der Waals surface area contributed by atoms with E-state index in [1.165, 1.54) is 0 Å². The maximum absolute atomic E-state index is 13.0. The average molecular weight is 348 g/mol. The van der Waals surface area contributed by atoms with E-state index in [2.05, 4.69) is 53.7 Å². The van der Waals surface area contributed by atoms with E-state index in [4.69, 9.17) is 4.74 Å². The molecule has 1 aliphatic carbocycles. The summed E-state index contributed by atoms with van der Waals surface area (Å²) in [6, 6.07) is 12.1. The highest BCUT2D eigenvalue weighted by atomic mass is 16.5. The molecule has 0 atom stereocenters. The number of hydrogen-bond donors (Lipinski definition) is 0. The minimum Gasteiger partial charge on any atom is -0.496 e. The van der Waals surface area contributed by atoms with Gasteiger partial charge in [-0.3, -0.25) is 4.79 Å². The first kappa shape index (κ1) is 18.4. The van der Waals surface area contributed by atoms with Crippen LogP contribution in [0.15, 0.2) is 36.4 Å². The van der Waals surface area contributed by atoms with Crippen molar-refractivity contribution in [2.24, 2.45) is 0 Å². The maximum Gasteiger partial charge on any atom is 0.194 e. The molecule has 2 aromatic rings. The molecule has 3 rings (SSSR count). The van der Waals surface area contributed by atoms with Crippen LogP contribution in [-0.2, 0) is 10.8 Å². The molecule has 0 saturated carbocycles.